The van der Waals surface area contributed by atoms with Crippen molar-refractivity contribution < 1.29 is 0 Å². The lowest BCUT2D eigenvalue weighted by atomic mass is 10.0. The number of thiazole rings is 1. The monoisotopic (exact) mass is 324 g/mol. The van der Waals surface area contributed by atoms with Crippen molar-refractivity contribution in [2.75, 3.05) is 6.54 Å². The second kappa shape index (κ2) is 9.82. The molecule has 1 unspecified atom stereocenters. The number of guanidine groups is 1. The zero-order chi connectivity index (χ0) is 16.5. The molecule has 4 nitrogen and oxygen atoms in total. The van der Waals surface area contributed by atoms with Gasteiger partial charge < -0.3 is 11.1 Å². The zero-order valence-corrected chi connectivity index (χ0v) is 15.5. The standard InChI is InChI=1S/C17H32N4S/c1-12(2)7-6-8-14(5)20-17(18)19-10-9-15-11-22-16(21-15)13(3)4/h11-14H,6-10H2,1-5H3,(H3,18,19,20). The summed E-state index contributed by atoms with van der Waals surface area (Å²) in [6.07, 6.45) is 4.49. The highest BCUT2D eigenvalue weighted by molar-refractivity contribution is 7.09. The molecule has 5 heteroatoms. The number of aliphatic imine (C=N–C) groups is 1. The normalized spacial score (nSPS) is 13.9. The maximum atomic E-state index is 5.94. The third-order valence-electron chi connectivity index (χ3n) is 3.53. The fourth-order valence-electron chi connectivity index (χ4n) is 2.20. The summed E-state index contributed by atoms with van der Waals surface area (Å²) in [4.78, 5) is 9.02. The van der Waals surface area contributed by atoms with Crippen molar-refractivity contribution in [3.63, 3.8) is 0 Å². The molecule has 3 N–H and O–H groups in total. The number of nitrogens with zero attached hydrogens (tertiary/aromatic N) is 2. The Morgan fingerprint density at radius 2 is 2.00 bits per heavy atom. The summed E-state index contributed by atoms with van der Waals surface area (Å²) >= 11 is 1.73. The minimum Gasteiger partial charge on any atom is -0.370 e. The van der Waals surface area contributed by atoms with Crippen LogP contribution in [0.4, 0.5) is 0 Å². The largest absolute Gasteiger partial charge is 0.370 e. The van der Waals surface area contributed by atoms with Crippen LogP contribution in [-0.4, -0.2) is 23.5 Å². The summed E-state index contributed by atoms with van der Waals surface area (Å²) in [6, 6.07) is 0.384. The fraction of sp³-hybridized carbons (Fsp3) is 0.765. The lowest BCUT2D eigenvalue weighted by Gasteiger charge is -2.14. The Balaban J connectivity index is 2.26. The predicted molar refractivity (Wildman–Crippen MR) is 97.7 cm³/mol. The molecular formula is C17H32N4S. The van der Waals surface area contributed by atoms with Gasteiger partial charge in [-0.05, 0) is 19.3 Å². The summed E-state index contributed by atoms with van der Waals surface area (Å²) in [6.45, 7) is 11.7. The second-order valence-electron chi connectivity index (χ2n) is 6.72. The average Bonchev–Trinajstić information content (AvgIpc) is 2.87. The summed E-state index contributed by atoms with van der Waals surface area (Å²) < 4.78 is 0. The van der Waals surface area contributed by atoms with Crippen LogP contribution < -0.4 is 11.1 Å². The lowest BCUT2D eigenvalue weighted by molar-refractivity contribution is 0.493. The molecule has 1 aromatic rings. The highest BCUT2D eigenvalue weighted by Crippen LogP contribution is 2.19. The van der Waals surface area contributed by atoms with E-state index in [4.69, 9.17) is 5.73 Å². The van der Waals surface area contributed by atoms with E-state index in [2.05, 4.69) is 55.3 Å². The maximum absolute atomic E-state index is 5.94. The van der Waals surface area contributed by atoms with Gasteiger partial charge in [0.2, 0.25) is 0 Å². The van der Waals surface area contributed by atoms with Gasteiger partial charge in [0.25, 0.3) is 0 Å². The Kier molecular flexibility index (Phi) is 8.46. The number of rotatable bonds is 9. The quantitative estimate of drug-likeness (QED) is 0.534. The van der Waals surface area contributed by atoms with Gasteiger partial charge in [-0.2, -0.15) is 0 Å². The Labute approximate surface area is 139 Å². The van der Waals surface area contributed by atoms with Crippen LogP contribution in [0.2, 0.25) is 0 Å². The van der Waals surface area contributed by atoms with E-state index in [1.54, 1.807) is 11.3 Å². The molecule has 0 saturated carbocycles. The van der Waals surface area contributed by atoms with Crippen molar-refractivity contribution in [3.8, 4) is 0 Å². The first kappa shape index (κ1) is 18.9. The number of nitrogens with two attached hydrogens (primary N) is 1. The molecule has 0 fully saturated rings. The van der Waals surface area contributed by atoms with Gasteiger partial charge in [-0.3, -0.25) is 4.99 Å². The van der Waals surface area contributed by atoms with Crippen LogP contribution in [0.5, 0.6) is 0 Å². The number of nitrogens with one attached hydrogen (secondary N) is 1. The molecule has 0 spiro atoms. The first-order valence-corrected chi connectivity index (χ1v) is 9.27. The zero-order valence-electron chi connectivity index (χ0n) is 14.7. The van der Waals surface area contributed by atoms with E-state index < -0.39 is 0 Å². The average molecular weight is 325 g/mol. The fourth-order valence-corrected chi connectivity index (χ4v) is 3.07. The van der Waals surface area contributed by atoms with Crippen LogP contribution in [0.1, 0.15) is 70.5 Å². The molecule has 1 heterocycles. The van der Waals surface area contributed by atoms with Gasteiger partial charge in [0.1, 0.15) is 0 Å². The molecule has 0 aromatic carbocycles. The Bertz CT molecular complexity index is 451. The maximum Gasteiger partial charge on any atom is 0.188 e. The van der Waals surface area contributed by atoms with Gasteiger partial charge in [0.15, 0.2) is 5.96 Å². The molecule has 0 saturated heterocycles. The third kappa shape index (κ3) is 7.78. The summed E-state index contributed by atoms with van der Waals surface area (Å²) in [5, 5.41) is 6.60. The Morgan fingerprint density at radius 3 is 2.59 bits per heavy atom. The van der Waals surface area contributed by atoms with E-state index in [9.17, 15) is 0 Å². The lowest BCUT2D eigenvalue weighted by Crippen LogP contribution is -2.38. The van der Waals surface area contributed by atoms with E-state index in [1.807, 2.05) is 0 Å². The number of hydrogen-bond donors (Lipinski definition) is 2. The highest BCUT2D eigenvalue weighted by Gasteiger charge is 2.06. The molecule has 1 atom stereocenters. The Morgan fingerprint density at radius 1 is 1.27 bits per heavy atom. The van der Waals surface area contributed by atoms with Crippen molar-refractivity contribution in [3.05, 3.63) is 16.1 Å². The van der Waals surface area contributed by atoms with Gasteiger partial charge in [-0.25, -0.2) is 4.98 Å². The van der Waals surface area contributed by atoms with Crippen molar-refractivity contribution in [2.45, 2.75) is 72.3 Å². The second-order valence-corrected chi connectivity index (χ2v) is 7.61. The van der Waals surface area contributed by atoms with Crippen LogP contribution in [0.3, 0.4) is 0 Å². The molecule has 0 radical (unpaired) electrons. The molecule has 22 heavy (non-hydrogen) atoms. The summed E-state index contributed by atoms with van der Waals surface area (Å²) in [7, 11) is 0. The van der Waals surface area contributed by atoms with Crippen molar-refractivity contribution >= 4 is 17.3 Å². The molecule has 126 valence electrons. The van der Waals surface area contributed by atoms with E-state index in [0.717, 1.165) is 24.5 Å². The molecule has 0 aliphatic heterocycles. The summed E-state index contributed by atoms with van der Waals surface area (Å²) in [5.41, 5.74) is 7.07. The minimum atomic E-state index is 0.384. The van der Waals surface area contributed by atoms with Crippen LogP contribution >= 0.6 is 11.3 Å². The van der Waals surface area contributed by atoms with E-state index >= 15 is 0 Å². The molecular weight excluding hydrogens is 292 g/mol. The van der Waals surface area contributed by atoms with Crippen LogP contribution in [-0.2, 0) is 6.42 Å². The molecule has 0 bridgehead atoms. The number of hydrogen-bond acceptors (Lipinski definition) is 3. The summed E-state index contributed by atoms with van der Waals surface area (Å²) in [5.74, 6) is 1.82. The molecule has 0 aliphatic rings. The van der Waals surface area contributed by atoms with Crippen molar-refractivity contribution in [1.29, 1.82) is 0 Å². The van der Waals surface area contributed by atoms with Crippen LogP contribution in [0, 0.1) is 5.92 Å². The predicted octanol–water partition coefficient (Wildman–Crippen LogP) is 3.93. The van der Waals surface area contributed by atoms with Crippen molar-refractivity contribution in [2.24, 2.45) is 16.6 Å². The van der Waals surface area contributed by atoms with Gasteiger partial charge in [0, 0.05) is 30.3 Å². The van der Waals surface area contributed by atoms with Crippen LogP contribution in [0.25, 0.3) is 0 Å². The van der Waals surface area contributed by atoms with Crippen molar-refractivity contribution in [1.82, 2.24) is 10.3 Å². The van der Waals surface area contributed by atoms with Gasteiger partial charge in [0.05, 0.1) is 10.7 Å². The minimum absolute atomic E-state index is 0.384. The smallest absolute Gasteiger partial charge is 0.188 e. The first-order chi connectivity index (χ1) is 10.4. The van der Waals surface area contributed by atoms with E-state index in [1.165, 1.54) is 17.8 Å². The third-order valence-corrected chi connectivity index (χ3v) is 4.72. The topological polar surface area (TPSA) is 63.3 Å². The van der Waals surface area contributed by atoms with Crippen LogP contribution in [0.15, 0.2) is 10.4 Å². The highest BCUT2D eigenvalue weighted by atomic mass is 32.1. The molecule has 1 rings (SSSR count). The van der Waals surface area contributed by atoms with Gasteiger partial charge in [-0.1, -0.05) is 40.5 Å². The van der Waals surface area contributed by atoms with E-state index in [0.29, 0.717) is 24.5 Å². The molecule has 1 aromatic heterocycles. The van der Waals surface area contributed by atoms with Gasteiger partial charge in [-0.15, -0.1) is 11.3 Å². The molecule has 0 amide bonds. The SMILES string of the molecule is CC(C)CCCC(C)NC(N)=NCCc1csc(C(C)C)n1. The van der Waals surface area contributed by atoms with E-state index in [-0.39, 0.29) is 0 Å². The molecule has 0 aliphatic carbocycles. The number of aromatic nitrogens is 1. The Hall–Kier alpha value is -1.10. The first-order valence-electron chi connectivity index (χ1n) is 8.39. The van der Waals surface area contributed by atoms with Gasteiger partial charge >= 0.3 is 0 Å².